The fourth-order valence-corrected chi connectivity index (χ4v) is 1.92. The highest BCUT2D eigenvalue weighted by Crippen LogP contribution is 2.32. The molecule has 1 aromatic heterocycles. The Morgan fingerprint density at radius 1 is 1.50 bits per heavy atom. The van der Waals surface area contributed by atoms with E-state index in [1.807, 2.05) is 18.2 Å². The number of carbonyl (C=O) groups excluding carboxylic acids is 1. The van der Waals surface area contributed by atoms with Gasteiger partial charge in [0.2, 0.25) is 0 Å². The predicted molar refractivity (Wildman–Crippen MR) is 58.7 cm³/mol. The minimum Gasteiger partial charge on any atom is -0.459 e. The van der Waals surface area contributed by atoms with Gasteiger partial charge in [0.05, 0.1) is 11.4 Å². The van der Waals surface area contributed by atoms with E-state index in [1.165, 1.54) is 0 Å². The number of halogens is 2. The van der Waals surface area contributed by atoms with Gasteiger partial charge in [-0.3, -0.25) is 0 Å². The zero-order valence-corrected chi connectivity index (χ0v) is 9.43. The van der Waals surface area contributed by atoms with Gasteiger partial charge in [0.1, 0.15) is 17.6 Å². The third-order valence-corrected chi connectivity index (χ3v) is 2.83. The molecule has 0 bridgehead atoms. The Hall–Kier alpha value is -0.800. The number of hydrogen-bond donors (Lipinski definition) is 0. The predicted octanol–water partition coefficient (Wildman–Crippen LogP) is 3.59. The molecule has 0 unspecified atom stereocenters. The third kappa shape index (κ3) is 1.57. The summed E-state index contributed by atoms with van der Waals surface area (Å²) in [5, 5.41) is 1.35. The van der Waals surface area contributed by atoms with Gasteiger partial charge < -0.3 is 9.21 Å². The Balaban J connectivity index is 2.67. The molecule has 0 aliphatic rings. The maximum Gasteiger partial charge on any atom is 0.135 e. The van der Waals surface area contributed by atoms with Gasteiger partial charge in [-0.15, -0.1) is 0 Å². The highest BCUT2D eigenvalue weighted by atomic mass is 79.9. The zero-order chi connectivity index (χ0) is 10.1. The van der Waals surface area contributed by atoms with Crippen molar-refractivity contribution in [2.24, 2.45) is 0 Å². The second-order valence-corrected chi connectivity index (χ2v) is 4.14. The van der Waals surface area contributed by atoms with Crippen LogP contribution in [-0.4, -0.2) is 6.29 Å². The van der Waals surface area contributed by atoms with Crippen molar-refractivity contribution in [3.8, 4) is 0 Å². The van der Waals surface area contributed by atoms with Gasteiger partial charge in [0, 0.05) is 9.86 Å². The first-order chi connectivity index (χ1) is 6.72. The van der Waals surface area contributed by atoms with Crippen molar-refractivity contribution < 1.29 is 9.21 Å². The SMILES string of the molecule is O=CCc1oc2ccc(Br)cc2c1Cl. The molecule has 2 rings (SSSR count). The van der Waals surface area contributed by atoms with E-state index in [0.717, 1.165) is 16.1 Å². The number of hydrogen-bond acceptors (Lipinski definition) is 2. The van der Waals surface area contributed by atoms with E-state index in [4.69, 9.17) is 16.0 Å². The van der Waals surface area contributed by atoms with Crippen LogP contribution in [0.4, 0.5) is 0 Å². The van der Waals surface area contributed by atoms with Crippen molar-refractivity contribution in [2.75, 3.05) is 0 Å². The summed E-state index contributed by atoms with van der Waals surface area (Å²) in [5.41, 5.74) is 0.704. The summed E-state index contributed by atoms with van der Waals surface area (Å²) in [7, 11) is 0. The van der Waals surface area contributed by atoms with Gasteiger partial charge >= 0.3 is 0 Å². The molecule has 72 valence electrons. The van der Waals surface area contributed by atoms with E-state index < -0.39 is 0 Å². The quantitative estimate of drug-likeness (QED) is 0.783. The van der Waals surface area contributed by atoms with Gasteiger partial charge in [0.25, 0.3) is 0 Å². The molecule has 4 heteroatoms. The fourth-order valence-electron chi connectivity index (χ4n) is 1.30. The van der Waals surface area contributed by atoms with Gasteiger partial charge in [-0.1, -0.05) is 27.5 Å². The van der Waals surface area contributed by atoms with Crippen LogP contribution in [0.25, 0.3) is 11.0 Å². The number of carbonyl (C=O) groups is 1. The maximum atomic E-state index is 10.3. The van der Waals surface area contributed by atoms with E-state index in [0.29, 0.717) is 16.4 Å². The zero-order valence-electron chi connectivity index (χ0n) is 7.09. The lowest BCUT2D eigenvalue weighted by atomic mass is 10.2. The second-order valence-electron chi connectivity index (χ2n) is 2.85. The Labute approximate surface area is 94.0 Å². The van der Waals surface area contributed by atoms with E-state index in [1.54, 1.807) is 0 Å². The van der Waals surface area contributed by atoms with Crippen LogP contribution in [-0.2, 0) is 11.2 Å². The molecular weight excluding hydrogens is 267 g/mol. The van der Waals surface area contributed by atoms with Crippen LogP contribution < -0.4 is 0 Å². The molecule has 14 heavy (non-hydrogen) atoms. The van der Waals surface area contributed by atoms with Crippen molar-refractivity contribution in [2.45, 2.75) is 6.42 Å². The molecule has 0 saturated carbocycles. The summed E-state index contributed by atoms with van der Waals surface area (Å²) < 4.78 is 6.35. The van der Waals surface area contributed by atoms with Crippen LogP contribution in [0.2, 0.25) is 5.02 Å². The van der Waals surface area contributed by atoms with Crippen LogP contribution in [0, 0.1) is 0 Å². The number of furan rings is 1. The van der Waals surface area contributed by atoms with E-state index in [2.05, 4.69) is 15.9 Å². The maximum absolute atomic E-state index is 10.3. The topological polar surface area (TPSA) is 30.2 Å². The number of aldehydes is 1. The van der Waals surface area contributed by atoms with Crippen LogP contribution in [0.3, 0.4) is 0 Å². The highest BCUT2D eigenvalue weighted by Gasteiger charge is 2.11. The highest BCUT2D eigenvalue weighted by molar-refractivity contribution is 9.10. The van der Waals surface area contributed by atoms with Crippen molar-refractivity contribution in [1.29, 1.82) is 0 Å². The summed E-state index contributed by atoms with van der Waals surface area (Å²) in [5.74, 6) is 0.523. The first-order valence-electron chi connectivity index (χ1n) is 4.02. The van der Waals surface area contributed by atoms with Crippen molar-refractivity contribution in [1.82, 2.24) is 0 Å². The molecule has 0 radical (unpaired) electrons. The average molecular weight is 274 g/mol. The van der Waals surface area contributed by atoms with Crippen LogP contribution in [0.15, 0.2) is 27.1 Å². The van der Waals surface area contributed by atoms with Gasteiger partial charge in [-0.2, -0.15) is 0 Å². The Morgan fingerprint density at radius 2 is 2.29 bits per heavy atom. The normalized spacial score (nSPS) is 10.7. The Kier molecular flexibility index (Phi) is 2.61. The van der Waals surface area contributed by atoms with Crippen LogP contribution >= 0.6 is 27.5 Å². The summed E-state index contributed by atoms with van der Waals surface area (Å²) in [6.07, 6.45) is 0.990. The molecule has 1 aromatic carbocycles. The van der Waals surface area contributed by atoms with Crippen molar-refractivity contribution >= 4 is 44.8 Å². The molecule has 0 fully saturated rings. The lowest BCUT2D eigenvalue weighted by Crippen LogP contribution is -1.81. The number of rotatable bonds is 2. The summed E-state index contributed by atoms with van der Waals surface area (Å²) in [6.45, 7) is 0. The molecule has 2 nitrogen and oxygen atoms in total. The van der Waals surface area contributed by atoms with Gasteiger partial charge in [0.15, 0.2) is 0 Å². The molecule has 2 aromatic rings. The molecule has 0 aliphatic carbocycles. The minimum atomic E-state index is 0.213. The molecule has 1 heterocycles. The second kappa shape index (κ2) is 3.75. The van der Waals surface area contributed by atoms with Crippen molar-refractivity contribution in [3.05, 3.63) is 33.5 Å². The first kappa shape index (κ1) is 9.74. The summed E-state index contributed by atoms with van der Waals surface area (Å²) in [4.78, 5) is 10.3. The molecule has 0 atom stereocenters. The largest absolute Gasteiger partial charge is 0.459 e. The first-order valence-corrected chi connectivity index (χ1v) is 5.19. The minimum absolute atomic E-state index is 0.213. The molecule has 0 spiro atoms. The van der Waals surface area contributed by atoms with Crippen molar-refractivity contribution in [3.63, 3.8) is 0 Å². The number of benzene rings is 1. The number of fused-ring (bicyclic) bond motifs is 1. The Bertz CT molecular complexity index is 490. The van der Waals surface area contributed by atoms with E-state index in [9.17, 15) is 4.79 Å². The smallest absolute Gasteiger partial charge is 0.135 e. The molecule has 0 amide bonds. The molecule has 0 N–H and O–H groups in total. The van der Waals surface area contributed by atoms with Crippen LogP contribution in [0.1, 0.15) is 5.76 Å². The van der Waals surface area contributed by atoms with Gasteiger partial charge in [-0.25, -0.2) is 0 Å². The lowest BCUT2D eigenvalue weighted by Gasteiger charge is -1.89. The van der Waals surface area contributed by atoms with E-state index >= 15 is 0 Å². The summed E-state index contributed by atoms with van der Waals surface area (Å²) >= 11 is 9.38. The fraction of sp³-hybridized carbons (Fsp3) is 0.100. The van der Waals surface area contributed by atoms with Crippen LogP contribution in [0.5, 0.6) is 0 Å². The Morgan fingerprint density at radius 3 is 3.00 bits per heavy atom. The molecule has 0 aliphatic heterocycles. The monoisotopic (exact) mass is 272 g/mol. The van der Waals surface area contributed by atoms with Gasteiger partial charge in [-0.05, 0) is 18.2 Å². The standard InChI is InChI=1S/C10H6BrClO2/c11-6-1-2-8-7(5-6)10(12)9(14-8)3-4-13/h1-2,4-5H,3H2. The molecular formula is C10H6BrClO2. The third-order valence-electron chi connectivity index (χ3n) is 1.92. The lowest BCUT2D eigenvalue weighted by molar-refractivity contribution is -0.107. The average Bonchev–Trinajstić information content (AvgIpc) is 2.46. The molecule has 0 saturated heterocycles. The summed E-state index contributed by atoms with van der Waals surface area (Å²) in [6, 6.07) is 5.56. The van der Waals surface area contributed by atoms with E-state index in [-0.39, 0.29) is 6.42 Å².